The van der Waals surface area contributed by atoms with Crippen LogP contribution < -0.4 is 11.5 Å². The summed E-state index contributed by atoms with van der Waals surface area (Å²) < 4.78 is 0. The third-order valence-corrected chi connectivity index (χ3v) is 4.31. The quantitative estimate of drug-likeness (QED) is 0.758. The number of hydrogen-bond donors (Lipinski definition) is 2. The van der Waals surface area contributed by atoms with E-state index in [4.69, 9.17) is 11.5 Å². The van der Waals surface area contributed by atoms with Crippen LogP contribution in [0.25, 0.3) is 0 Å². The molecule has 0 unspecified atom stereocenters. The van der Waals surface area contributed by atoms with E-state index in [1.807, 2.05) is 4.90 Å². The van der Waals surface area contributed by atoms with Crippen LogP contribution >= 0.6 is 0 Å². The Hall–Kier alpha value is -1.10. The van der Waals surface area contributed by atoms with E-state index in [0.29, 0.717) is 18.8 Å². The van der Waals surface area contributed by atoms with Crippen molar-refractivity contribution in [3.05, 3.63) is 0 Å². The number of amides is 2. The summed E-state index contributed by atoms with van der Waals surface area (Å²) in [5, 5.41) is 0. The summed E-state index contributed by atoms with van der Waals surface area (Å²) in [7, 11) is 0. The molecule has 0 aromatic rings. The molecule has 0 atom stereocenters. The SMILES string of the molecule is NC(=O)CC1CCN(C(=O)CC2(N)CCC2)CC1. The molecule has 0 aromatic heterocycles. The molecule has 5 heteroatoms. The zero-order valence-corrected chi connectivity index (χ0v) is 10.9. The minimum Gasteiger partial charge on any atom is -0.370 e. The topological polar surface area (TPSA) is 89.4 Å². The number of carbonyl (C=O) groups is 2. The lowest BCUT2D eigenvalue weighted by Gasteiger charge is -2.40. The van der Waals surface area contributed by atoms with Gasteiger partial charge in [-0.05, 0) is 38.0 Å². The molecule has 1 saturated heterocycles. The van der Waals surface area contributed by atoms with E-state index < -0.39 is 0 Å². The highest BCUT2D eigenvalue weighted by atomic mass is 16.2. The second-order valence-corrected chi connectivity index (χ2v) is 5.89. The monoisotopic (exact) mass is 253 g/mol. The zero-order chi connectivity index (χ0) is 13.2. The van der Waals surface area contributed by atoms with Gasteiger partial charge in [-0.2, -0.15) is 0 Å². The average molecular weight is 253 g/mol. The van der Waals surface area contributed by atoms with Crippen LogP contribution in [0.15, 0.2) is 0 Å². The summed E-state index contributed by atoms with van der Waals surface area (Å²) in [5.41, 5.74) is 11.1. The van der Waals surface area contributed by atoms with Crippen LogP contribution in [-0.4, -0.2) is 35.3 Å². The van der Waals surface area contributed by atoms with Gasteiger partial charge in [0.2, 0.25) is 11.8 Å². The van der Waals surface area contributed by atoms with Crippen LogP contribution in [0.3, 0.4) is 0 Å². The lowest BCUT2D eigenvalue weighted by Crippen LogP contribution is -2.51. The third kappa shape index (κ3) is 3.22. The maximum Gasteiger partial charge on any atom is 0.224 e. The Kier molecular flexibility index (Phi) is 3.90. The molecule has 2 fully saturated rings. The number of carbonyl (C=O) groups excluding carboxylic acids is 2. The Morgan fingerprint density at radius 3 is 2.28 bits per heavy atom. The first-order valence-corrected chi connectivity index (χ1v) is 6.83. The van der Waals surface area contributed by atoms with Gasteiger partial charge in [-0.15, -0.1) is 0 Å². The van der Waals surface area contributed by atoms with Gasteiger partial charge >= 0.3 is 0 Å². The van der Waals surface area contributed by atoms with Crippen molar-refractivity contribution in [1.29, 1.82) is 0 Å². The fourth-order valence-electron chi connectivity index (χ4n) is 2.89. The molecular formula is C13H23N3O2. The summed E-state index contributed by atoms with van der Waals surface area (Å²) in [4.78, 5) is 24.8. The standard InChI is InChI=1S/C13H23N3O2/c14-11(17)8-10-2-6-16(7-3-10)12(18)9-13(15)4-1-5-13/h10H,1-9,15H2,(H2,14,17). The van der Waals surface area contributed by atoms with Gasteiger partial charge in [0, 0.05) is 31.5 Å². The van der Waals surface area contributed by atoms with E-state index in [1.165, 1.54) is 0 Å². The smallest absolute Gasteiger partial charge is 0.224 e. The first-order valence-electron chi connectivity index (χ1n) is 6.83. The van der Waals surface area contributed by atoms with E-state index in [2.05, 4.69) is 0 Å². The maximum atomic E-state index is 12.1. The summed E-state index contributed by atoms with van der Waals surface area (Å²) in [6.07, 6.45) is 5.77. The van der Waals surface area contributed by atoms with Gasteiger partial charge in [-0.1, -0.05) is 0 Å². The van der Waals surface area contributed by atoms with Crippen LogP contribution in [0, 0.1) is 5.92 Å². The first-order chi connectivity index (χ1) is 8.48. The number of primary amides is 1. The lowest BCUT2D eigenvalue weighted by atomic mass is 9.75. The molecular weight excluding hydrogens is 230 g/mol. The van der Waals surface area contributed by atoms with Crippen molar-refractivity contribution in [2.75, 3.05) is 13.1 Å². The molecule has 1 aliphatic heterocycles. The van der Waals surface area contributed by atoms with Crippen molar-refractivity contribution in [2.45, 2.75) is 50.5 Å². The van der Waals surface area contributed by atoms with Crippen molar-refractivity contribution >= 4 is 11.8 Å². The molecule has 2 amide bonds. The molecule has 0 radical (unpaired) electrons. The highest BCUT2D eigenvalue weighted by Crippen LogP contribution is 2.33. The molecule has 5 nitrogen and oxygen atoms in total. The van der Waals surface area contributed by atoms with Crippen LogP contribution in [-0.2, 0) is 9.59 Å². The summed E-state index contributed by atoms with van der Waals surface area (Å²) in [6.45, 7) is 1.49. The summed E-state index contributed by atoms with van der Waals surface area (Å²) in [6, 6.07) is 0. The average Bonchev–Trinajstić information content (AvgIpc) is 2.27. The summed E-state index contributed by atoms with van der Waals surface area (Å²) >= 11 is 0. The van der Waals surface area contributed by atoms with E-state index in [-0.39, 0.29) is 17.4 Å². The Balaban J connectivity index is 1.75. The fraction of sp³-hybridized carbons (Fsp3) is 0.846. The third-order valence-electron chi connectivity index (χ3n) is 4.31. The Labute approximate surface area is 108 Å². The van der Waals surface area contributed by atoms with Crippen LogP contribution in [0.2, 0.25) is 0 Å². The zero-order valence-electron chi connectivity index (χ0n) is 10.9. The predicted molar refractivity (Wildman–Crippen MR) is 68.5 cm³/mol. The molecule has 102 valence electrons. The molecule has 0 bridgehead atoms. The van der Waals surface area contributed by atoms with E-state index in [9.17, 15) is 9.59 Å². The minimum atomic E-state index is -0.241. The molecule has 0 aromatic carbocycles. The van der Waals surface area contributed by atoms with Gasteiger partial charge < -0.3 is 16.4 Å². The van der Waals surface area contributed by atoms with Gasteiger partial charge in [0.15, 0.2) is 0 Å². The van der Waals surface area contributed by atoms with Gasteiger partial charge in [-0.3, -0.25) is 9.59 Å². The van der Waals surface area contributed by atoms with Gasteiger partial charge in [0.05, 0.1) is 0 Å². The van der Waals surface area contributed by atoms with Crippen molar-refractivity contribution in [3.8, 4) is 0 Å². The Morgan fingerprint density at radius 1 is 1.22 bits per heavy atom. The number of nitrogens with two attached hydrogens (primary N) is 2. The van der Waals surface area contributed by atoms with E-state index in [0.717, 1.165) is 45.2 Å². The van der Waals surface area contributed by atoms with Gasteiger partial charge in [0.25, 0.3) is 0 Å². The van der Waals surface area contributed by atoms with E-state index in [1.54, 1.807) is 0 Å². The molecule has 0 spiro atoms. The van der Waals surface area contributed by atoms with Gasteiger partial charge in [0.1, 0.15) is 0 Å². The normalized spacial score (nSPS) is 23.5. The Bertz CT molecular complexity index is 331. The van der Waals surface area contributed by atoms with E-state index >= 15 is 0 Å². The van der Waals surface area contributed by atoms with Crippen molar-refractivity contribution in [1.82, 2.24) is 4.90 Å². The number of rotatable bonds is 4. The predicted octanol–water partition coefficient (Wildman–Crippen LogP) is 0.372. The molecule has 2 rings (SSSR count). The molecule has 1 saturated carbocycles. The number of likely N-dealkylation sites (tertiary alicyclic amines) is 1. The number of nitrogens with zero attached hydrogens (tertiary/aromatic N) is 1. The fourth-order valence-corrected chi connectivity index (χ4v) is 2.89. The van der Waals surface area contributed by atoms with Gasteiger partial charge in [-0.25, -0.2) is 0 Å². The van der Waals surface area contributed by atoms with Crippen molar-refractivity contribution in [3.63, 3.8) is 0 Å². The highest BCUT2D eigenvalue weighted by Gasteiger charge is 2.36. The molecule has 1 aliphatic carbocycles. The summed E-state index contributed by atoms with van der Waals surface area (Å²) in [5.74, 6) is 0.284. The molecule has 1 heterocycles. The number of piperidine rings is 1. The molecule has 18 heavy (non-hydrogen) atoms. The van der Waals surface area contributed by atoms with Crippen molar-refractivity contribution in [2.24, 2.45) is 17.4 Å². The second-order valence-electron chi connectivity index (χ2n) is 5.89. The maximum absolute atomic E-state index is 12.1. The van der Waals surface area contributed by atoms with Crippen LogP contribution in [0.5, 0.6) is 0 Å². The highest BCUT2D eigenvalue weighted by molar-refractivity contribution is 5.78. The molecule has 2 aliphatic rings. The van der Waals surface area contributed by atoms with Crippen molar-refractivity contribution < 1.29 is 9.59 Å². The first kappa shape index (κ1) is 13.3. The number of hydrogen-bond acceptors (Lipinski definition) is 3. The molecule has 4 N–H and O–H groups in total. The second kappa shape index (κ2) is 5.26. The minimum absolute atomic E-state index is 0.176. The Morgan fingerprint density at radius 2 is 1.83 bits per heavy atom. The largest absolute Gasteiger partial charge is 0.370 e. The van der Waals surface area contributed by atoms with Crippen LogP contribution in [0.4, 0.5) is 0 Å². The van der Waals surface area contributed by atoms with Crippen LogP contribution in [0.1, 0.15) is 44.9 Å². The lowest BCUT2D eigenvalue weighted by molar-refractivity contribution is -0.134.